The predicted octanol–water partition coefficient (Wildman–Crippen LogP) is 3.66. The topological polar surface area (TPSA) is 72.8 Å². The number of fused-ring (bicyclic) bond motifs is 2. The second-order valence-corrected chi connectivity index (χ2v) is 7.79. The number of nitrogens with one attached hydrogen (secondary N) is 1. The highest BCUT2D eigenvalue weighted by Gasteiger charge is 2.14. The van der Waals surface area contributed by atoms with E-state index in [4.69, 9.17) is 9.47 Å². The maximum Gasteiger partial charge on any atom is 0.250 e. The van der Waals surface area contributed by atoms with Gasteiger partial charge in [-0.2, -0.15) is 5.10 Å². The van der Waals surface area contributed by atoms with Crippen LogP contribution in [0.2, 0.25) is 0 Å². The van der Waals surface area contributed by atoms with Gasteiger partial charge in [0.05, 0.1) is 21.7 Å². The zero-order valence-corrected chi connectivity index (χ0v) is 15.5. The van der Waals surface area contributed by atoms with Crippen molar-refractivity contribution in [3.05, 3.63) is 48.0 Å². The minimum absolute atomic E-state index is 0.172. The Hall–Kier alpha value is -2.58. The molecule has 0 fully saturated rings. The number of amides is 1. The summed E-state index contributed by atoms with van der Waals surface area (Å²) >= 11 is 2.99. The molecule has 6 nitrogen and oxygen atoms in total. The van der Waals surface area contributed by atoms with Gasteiger partial charge < -0.3 is 9.47 Å². The van der Waals surface area contributed by atoms with E-state index in [1.165, 1.54) is 11.8 Å². The number of hydrogen-bond donors (Lipinski definition) is 1. The zero-order valence-electron chi connectivity index (χ0n) is 13.9. The van der Waals surface area contributed by atoms with Crippen LogP contribution in [0.15, 0.2) is 51.9 Å². The third-order valence-electron chi connectivity index (χ3n) is 3.74. The van der Waals surface area contributed by atoms with E-state index in [0.29, 0.717) is 11.5 Å². The Morgan fingerprint density at radius 1 is 1.27 bits per heavy atom. The fraction of sp³-hybridized carbons (Fsp3) is 0.167. The summed E-state index contributed by atoms with van der Waals surface area (Å²) in [5, 5.41) is 4.17. The molecule has 3 aromatic rings. The fourth-order valence-corrected chi connectivity index (χ4v) is 4.27. The van der Waals surface area contributed by atoms with Crippen LogP contribution in [-0.4, -0.2) is 29.1 Å². The number of carbonyl (C=O) groups is 1. The molecule has 0 aliphatic carbocycles. The number of nitrogens with zero attached hydrogens (tertiary/aromatic N) is 2. The Balaban J connectivity index is 1.34. The van der Waals surface area contributed by atoms with E-state index in [0.717, 1.165) is 25.9 Å². The first-order valence-corrected chi connectivity index (χ1v) is 9.71. The van der Waals surface area contributed by atoms with Crippen molar-refractivity contribution in [1.29, 1.82) is 0 Å². The molecule has 1 amide bonds. The van der Waals surface area contributed by atoms with Gasteiger partial charge in [-0.15, -0.1) is 11.3 Å². The number of thioether (sulfide) groups is 1. The van der Waals surface area contributed by atoms with Crippen LogP contribution in [0.1, 0.15) is 12.5 Å². The van der Waals surface area contributed by atoms with Gasteiger partial charge in [0.2, 0.25) is 6.79 Å². The second-order valence-electron chi connectivity index (χ2n) is 5.54. The lowest BCUT2D eigenvalue weighted by molar-refractivity contribution is -0.118. The minimum atomic E-state index is -0.172. The van der Waals surface area contributed by atoms with E-state index in [9.17, 15) is 4.79 Å². The number of hydrazone groups is 1. The number of benzene rings is 2. The third-order valence-corrected chi connectivity index (χ3v) is 5.92. The molecule has 1 aromatic heterocycles. The molecule has 0 bridgehead atoms. The van der Waals surface area contributed by atoms with E-state index < -0.39 is 0 Å². The van der Waals surface area contributed by atoms with Crippen LogP contribution in [0.4, 0.5) is 0 Å². The fourth-order valence-electron chi connectivity index (χ4n) is 2.40. The van der Waals surface area contributed by atoms with Gasteiger partial charge in [-0.1, -0.05) is 23.9 Å². The van der Waals surface area contributed by atoms with E-state index in [2.05, 4.69) is 15.5 Å². The molecule has 2 heterocycles. The van der Waals surface area contributed by atoms with Gasteiger partial charge in [-0.05, 0) is 37.3 Å². The monoisotopic (exact) mass is 385 g/mol. The summed E-state index contributed by atoms with van der Waals surface area (Å²) < 4.78 is 12.6. The Labute approximate surface area is 158 Å². The molecule has 0 atom stereocenters. The lowest BCUT2D eigenvalue weighted by atomic mass is 10.1. The number of aromatic nitrogens is 1. The van der Waals surface area contributed by atoms with Crippen molar-refractivity contribution in [1.82, 2.24) is 10.4 Å². The summed E-state index contributed by atoms with van der Waals surface area (Å²) in [5.41, 5.74) is 5.11. The summed E-state index contributed by atoms with van der Waals surface area (Å²) in [7, 11) is 0. The Morgan fingerprint density at radius 2 is 2.12 bits per heavy atom. The number of rotatable bonds is 5. The normalized spacial score (nSPS) is 13.2. The highest BCUT2D eigenvalue weighted by Crippen LogP contribution is 2.32. The Kier molecular flexibility index (Phi) is 4.77. The molecule has 1 aliphatic rings. The van der Waals surface area contributed by atoms with Gasteiger partial charge in [0.25, 0.3) is 5.91 Å². The first-order valence-electron chi connectivity index (χ1n) is 7.90. The van der Waals surface area contributed by atoms with Gasteiger partial charge >= 0.3 is 0 Å². The van der Waals surface area contributed by atoms with E-state index in [-0.39, 0.29) is 18.5 Å². The average molecular weight is 385 g/mol. The van der Waals surface area contributed by atoms with Gasteiger partial charge in [-0.3, -0.25) is 4.79 Å². The van der Waals surface area contributed by atoms with Crippen molar-refractivity contribution in [3.63, 3.8) is 0 Å². The van der Waals surface area contributed by atoms with Crippen LogP contribution in [0.25, 0.3) is 10.2 Å². The maximum absolute atomic E-state index is 12.0. The lowest BCUT2D eigenvalue weighted by Gasteiger charge is -2.04. The van der Waals surface area contributed by atoms with Crippen LogP contribution >= 0.6 is 23.1 Å². The molecular formula is C18H15N3O3S2. The SMILES string of the molecule is C/C(=N/NC(=O)CSc1nc2ccccc2s1)c1ccc2c(c1)OCO2. The Bertz CT molecular complexity index is 967. The van der Waals surface area contributed by atoms with Crippen molar-refractivity contribution in [2.24, 2.45) is 5.10 Å². The summed E-state index contributed by atoms with van der Waals surface area (Å²) in [4.78, 5) is 16.5. The molecule has 0 radical (unpaired) electrons. The molecule has 0 saturated carbocycles. The van der Waals surface area contributed by atoms with Gasteiger partial charge in [-0.25, -0.2) is 10.4 Å². The summed E-state index contributed by atoms with van der Waals surface area (Å²) in [6.07, 6.45) is 0. The molecule has 0 saturated heterocycles. The smallest absolute Gasteiger partial charge is 0.250 e. The average Bonchev–Trinajstić information content (AvgIpc) is 3.29. The maximum atomic E-state index is 12.0. The minimum Gasteiger partial charge on any atom is -0.454 e. The summed E-state index contributed by atoms with van der Waals surface area (Å²) in [6, 6.07) is 13.5. The van der Waals surface area contributed by atoms with E-state index >= 15 is 0 Å². The largest absolute Gasteiger partial charge is 0.454 e. The van der Waals surface area contributed by atoms with Gasteiger partial charge in [0.1, 0.15) is 0 Å². The predicted molar refractivity (Wildman–Crippen MR) is 103 cm³/mol. The molecule has 1 aliphatic heterocycles. The number of ether oxygens (including phenoxy) is 2. The van der Waals surface area contributed by atoms with Crippen molar-refractivity contribution >= 4 is 44.9 Å². The first-order chi connectivity index (χ1) is 12.7. The molecule has 0 spiro atoms. The Morgan fingerprint density at radius 3 is 3.00 bits per heavy atom. The van der Waals surface area contributed by atoms with Crippen LogP contribution in [0, 0.1) is 0 Å². The molecule has 26 heavy (non-hydrogen) atoms. The number of para-hydroxylation sites is 1. The van der Waals surface area contributed by atoms with E-state index in [1.807, 2.05) is 49.4 Å². The highest BCUT2D eigenvalue weighted by molar-refractivity contribution is 8.01. The van der Waals surface area contributed by atoms with Gasteiger partial charge in [0.15, 0.2) is 15.8 Å². The molecule has 2 aromatic carbocycles. The number of carbonyl (C=O) groups excluding carboxylic acids is 1. The standard InChI is InChI=1S/C18H15N3O3S2/c1-11(12-6-7-14-15(8-12)24-10-23-14)20-21-17(22)9-25-18-19-13-4-2-3-5-16(13)26-18/h2-8H,9-10H2,1H3,(H,21,22)/b20-11-. The number of thiazole rings is 1. The highest BCUT2D eigenvalue weighted by atomic mass is 32.2. The molecule has 8 heteroatoms. The second kappa shape index (κ2) is 7.35. The van der Waals surface area contributed by atoms with Crippen molar-refractivity contribution < 1.29 is 14.3 Å². The number of hydrogen-bond acceptors (Lipinski definition) is 7. The van der Waals surface area contributed by atoms with Crippen molar-refractivity contribution in [3.8, 4) is 11.5 Å². The van der Waals surface area contributed by atoms with Crippen molar-refractivity contribution in [2.75, 3.05) is 12.5 Å². The molecule has 0 unspecified atom stereocenters. The van der Waals surface area contributed by atoms with Crippen LogP contribution in [-0.2, 0) is 4.79 Å². The van der Waals surface area contributed by atoms with Gasteiger partial charge in [0, 0.05) is 5.56 Å². The summed E-state index contributed by atoms with van der Waals surface area (Å²) in [6.45, 7) is 2.06. The van der Waals surface area contributed by atoms with Crippen LogP contribution < -0.4 is 14.9 Å². The lowest BCUT2D eigenvalue weighted by Crippen LogP contribution is -2.21. The zero-order chi connectivity index (χ0) is 17.9. The summed E-state index contributed by atoms with van der Waals surface area (Å²) in [5.74, 6) is 1.50. The molecule has 132 valence electrons. The first kappa shape index (κ1) is 16.9. The molecule has 1 N–H and O–H groups in total. The molecule has 4 rings (SSSR count). The van der Waals surface area contributed by atoms with E-state index in [1.54, 1.807) is 11.3 Å². The third kappa shape index (κ3) is 3.66. The van der Waals surface area contributed by atoms with Crippen molar-refractivity contribution in [2.45, 2.75) is 11.3 Å². The quantitative estimate of drug-likeness (QED) is 0.412. The molecular weight excluding hydrogens is 370 g/mol. The van der Waals surface area contributed by atoms with Crippen LogP contribution in [0.3, 0.4) is 0 Å². The van der Waals surface area contributed by atoms with Crippen LogP contribution in [0.5, 0.6) is 11.5 Å².